The summed E-state index contributed by atoms with van der Waals surface area (Å²) in [4.78, 5) is 27.6. The highest BCUT2D eigenvalue weighted by atomic mass is 16.5. The standard InChI is InChI=1S/C25H34N2O5/c1-5-7-15-26-25(29)23(6-2)27(17-19-9-8-10-22(16-19)31-4)24(28)18-32-21-13-11-20(30-3)12-14-21/h8-14,16,23H,5-7,15,17-18H2,1-4H3,(H,26,29)/t23-/m1/s1. The van der Waals surface area contributed by atoms with Crippen LogP contribution in [0.25, 0.3) is 0 Å². The van der Waals surface area contributed by atoms with Crippen molar-refractivity contribution in [2.45, 2.75) is 45.7 Å². The van der Waals surface area contributed by atoms with Gasteiger partial charge in [-0.15, -0.1) is 0 Å². The minimum atomic E-state index is -0.593. The molecule has 1 N–H and O–H groups in total. The summed E-state index contributed by atoms with van der Waals surface area (Å²) in [5.74, 6) is 1.55. The second-order valence-electron chi connectivity index (χ2n) is 7.41. The van der Waals surface area contributed by atoms with Gasteiger partial charge in [0.15, 0.2) is 6.61 Å². The lowest BCUT2D eigenvalue weighted by molar-refractivity contribution is -0.143. The maximum absolute atomic E-state index is 13.2. The Morgan fingerprint density at radius 3 is 2.28 bits per heavy atom. The molecule has 7 nitrogen and oxygen atoms in total. The van der Waals surface area contributed by atoms with E-state index in [-0.39, 0.29) is 25.0 Å². The highest BCUT2D eigenvalue weighted by molar-refractivity contribution is 5.88. The third-order valence-electron chi connectivity index (χ3n) is 5.12. The van der Waals surface area contributed by atoms with E-state index in [1.807, 2.05) is 31.2 Å². The number of ether oxygens (including phenoxy) is 3. The van der Waals surface area contributed by atoms with Gasteiger partial charge in [0.25, 0.3) is 5.91 Å². The van der Waals surface area contributed by atoms with Gasteiger partial charge in [-0.1, -0.05) is 32.4 Å². The van der Waals surface area contributed by atoms with Gasteiger partial charge in [0.2, 0.25) is 5.91 Å². The number of rotatable bonds is 13. The summed E-state index contributed by atoms with van der Waals surface area (Å²) in [5, 5.41) is 2.95. The summed E-state index contributed by atoms with van der Waals surface area (Å²) >= 11 is 0. The zero-order chi connectivity index (χ0) is 23.3. The number of nitrogens with zero attached hydrogens (tertiary/aromatic N) is 1. The van der Waals surface area contributed by atoms with Crippen LogP contribution in [-0.4, -0.2) is 50.1 Å². The van der Waals surface area contributed by atoms with Gasteiger partial charge in [-0.2, -0.15) is 0 Å². The molecule has 0 saturated heterocycles. The van der Waals surface area contributed by atoms with Crippen LogP contribution < -0.4 is 19.5 Å². The van der Waals surface area contributed by atoms with Gasteiger partial charge >= 0.3 is 0 Å². The molecular formula is C25H34N2O5. The normalized spacial score (nSPS) is 11.4. The van der Waals surface area contributed by atoms with Crippen molar-refractivity contribution in [2.75, 3.05) is 27.4 Å². The van der Waals surface area contributed by atoms with Crippen LogP contribution in [0.2, 0.25) is 0 Å². The SMILES string of the molecule is CCCCNC(=O)[C@@H](CC)N(Cc1cccc(OC)c1)C(=O)COc1ccc(OC)cc1. The first-order valence-corrected chi connectivity index (χ1v) is 11.0. The lowest BCUT2D eigenvalue weighted by Gasteiger charge is -2.30. The third kappa shape index (κ3) is 7.48. The first kappa shape index (κ1) is 25.0. The predicted molar refractivity (Wildman–Crippen MR) is 124 cm³/mol. The molecule has 2 rings (SSSR count). The number of carbonyl (C=O) groups is 2. The second-order valence-corrected chi connectivity index (χ2v) is 7.41. The number of carbonyl (C=O) groups excluding carboxylic acids is 2. The van der Waals surface area contributed by atoms with Crippen LogP contribution in [0.15, 0.2) is 48.5 Å². The molecule has 7 heteroatoms. The summed E-state index contributed by atoms with van der Waals surface area (Å²) < 4.78 is 16.1. The molecule has 2 aromatic carbocycles. The number of benzene rings is 2. The Morgan fingerprint density at radius 1 is 0.969 bits per heavy atom. The van der Waals surface area contributed by atoms with Gasteiger partial charge in [0.1, 0.15) is 23.3 Å². The van der Waals surface area contributed by atoms with Crippen molar-refractivity contribution in [1.29, 1.82) is 0 Å². The first-order valence-electron chi connectivity index (χ1n) is 11.0. The van der Waals surface area contributed by atoms with Gasteiger partial charge in [-0.25, -0.2) is 0 Å². The van der Waals surface area contributed by atoms with E-state index in [0.717, 1.165) is 18.4 Å². The molecule has 2 aromatic rings. The Bertz CT molecular complexity index is 854. The Morgan fingerprint density at radius 2 is 1.66 bits per heavy atom. The fourth-order valence-corrected chi connectivity index (χ4v) is 3.29. The van der Waals surface area contributed by atoms with Crippen LogP contribution in [0, 0.1) is 0 Å². The van der Waals surface area contributed by atoms with Crippen LogP contribution in [0.5, 0.6) is 17.2 Å². The molecular weight excluding hydrogens is 408 g/mol. The number of amides is 2. The molecule has 0 fully saturated rings. The summed E-state index contributed by atoms with van der Waals surface area (Å²) in [5.41, 5.74) is 0.877. The second kappa shape index (κ2) is 13.2. The van der Waals surface area contributed by atoms with Gasteiger partial charge in [-0.3, -0.25) is 9.59 Å². The molecule has 0 bridgehead atoms. The van der Waals surface area contributed by atoms with E-state index >= 15 is 0 Å². The van der Waals surface area contributed by atoms with Gasteiger partial charge in [0.05, 0.1) is 14.2 Å². The average Bonchev–Trinajstić information content (AvgIpc) is 2.83. The summed E-state index contributed by atoms with van der Waals surface area (Å²) in [6.07, 6.45) is 2.38. The van der Waals surface area contributed by atoms with Gasteiger partial charge < -0.3 is 24.4 Å². The highest BCUT2D eigenvalue weighted by Gasteiger charge is 2.28. The zero-order valence-corrected chi connectivity index (χ0v) is 19.4. The van der Waals surface area contributed by atoms with E-state index < -0.39 is 6.04 Å². The molecule has 2 amide bonds. The number of unbranched alkanes of at least 4 members (excludes halogenated alkanes) is 1. The van der Waals surface area contributed by atoms with E-state index in [1.165, 1.54) is 0 Å². The Kier molecular flexibility index (Phi) is 10.4. The quantitative estimate of drug-likeness (QED) is 0.478. The van der Waals surface area contributed by atoms with E-state index in [9.17, 15) is 9.59 Å². The van der Waals surface area contributed by atoms with Gasteiger partial charge in [-0.05, 0) is 54.8 Å². The predicted octanol–water partition coefficient (Wildman–Crippen LogP) is 3.81. The Labute approximate surface area is 190 Å². The number of nitrogens with one attached hydrogen (secondary N) is 1. The van der Waals surface area contributed by atoms with Crippen molar-refractivity contribution in [3.8, 4) is 17.2 Å². The van der Waals surface area contributed by atoms with Crippen LogP contribution in [0.1, 0.15) is 38.7 Å². The van der Waals surface area contributed by atoms with Crippen LogP contribution in [-0.2, 0) is 16.1 Å². The molecule has 174 valence electrons. The fraction of sp³-hybridized carbons (Fsp3) is 0.440. The maximum Gasteiger partial charge on any atom is 0.261 e. The first-order chi connectivity index (χ1) is 15.5. The fourth-order valence-electron chi connectivity index (χ4n) is 3.29. The van der Waals surface area contributed by atoms with Crippen molar-refractivity contribution in [2.24, 2.45) is 0 Å². The van der Waals surface area contributed by atoms with Crippen LogP contribution >= 0.6 is 0 Å². The minimum absolute atomic E-state index is 0.151. The third-order valence-corrected chi connectivity index (χ3v) is 5.12. The van der Waals surface area contributed by atoms with Gasteiger partial charge in [0, 0.05) is 13.1 Å². The molecule has 0 aromatic heterocycles. The molecule has 0 aliphatic heterocycles. The van der Waals surface area contributed by atoms with E-state index in [2.05, 4.69) is 12.2 Å². The lowest BCUT2D eigenvalue weighted by atomic mass is 10.1. The van der Waals surface area contributed by atoms with E-state index in [1.54, 1.807) is 43.4 Å². The Balaban J connectivity index is 2.17. The van der Waals surface area contributed by atoms with Crippen molar-refractivity contribution < 1.29 is 23.8 Å². The largest absolute Gasteiger partial charge is 0.497 e. The Hall–Kier alpha value is -3.22. The van der Waals surface area contributed by atoms with Crippen molar-refractivity contribution in [1.82, 2.24) is 10.2 Å². The highest BCUT2D eigenvalue weighted by Crippen LogP contribution is 2.19. The molecule has 0 heterocycles. The molecule has 0 unspecified atom stereocenters. The topological polar surface area (TPSA) is 77.1 Å². The lowest BCUT2D eigenvalue weighted by Crippen LogP contribution is -2.50. The number of methoxy groups -OCH3 is 2. The average molecular weight is 443 g/mol. The molecule has 0 saturated carbocycles. The molecule has 0 aliphatic rings. The minimum Gasteiger partial charge on any atom is -0.497 e. The number of hydrogen-bond acceptors (Lipinski definition) is 5. The molecule has 0 radical (unpaired) electrons. The molecule has 1 atom stereocenters. The number of hydrogen-bond donors (Lipinski definition) is 1. The summed E-state index contributed by atoms with van der Waals surface area (Å²) in [7, 11) is 3.19. The molecule has 0 spiro atoms. The summed E-state index contributed by atoms with van der Waals surface area (Å²) in [6.45, 7) is 4.67. The monoisotopic (exact) mass is 442 g/mol. The van der Waals surface area contributed by atoms with E-state index in [4.69, 9.17) is 14.2 Å². The van der Waals surface area contributed by atoms with Crippen molar-refractivity contribution in [3.05, 3.63) is 54.1 Å². The molecule has 0 aliphatic carbocycles. The molecule has 32 heavy (non-hydrogen) atoms. The van der Waals surface area contributed by atoms with Crippen molar-refractivity contribution in [3.63, 3.8) is 0 Å². The van der Waals surface area contributed by atoms with Crippen LogP contribution in [0.3, 0.4) is 0 Å². The zero-order valence-electron chi connectivity index (χ0n) is 19.4. The van der Waals surface area contributed by atoms with Crippen LogP contribution in [0.4, 0.5) is 0 Å². The summed E-state index contributed by atoms with van der Waals surface area (Å²) in [6, 6.07) is 13.9. The van der Waals surface area contributed by atoms with E-state index in [0.29, 0.717) is 30.2 Å². The maximum atomic E-state index is 13.2. The smallest absolute Gasteiger partial charge is 0.261 e. The van der Waals surface area contributed by atoms with Crippen molar-refractivity contribution >= 4 is 11.8 Å².